The number of amides is 1. The lowest BCUT2D eigenvalue weighted by Gasteiger charge is -2.24. The zero-order valence-electron chi connectivity index (χ0n) is 13.5. The van der Waals surface area contributed by atoms with Crippen LogP contribution >= 0.6 is 0 Å². The molecular formula is C18H25NO4. The summed E-state index contributed by atoms with van der Waals surface area (Å²) in [5, 5.41) is 12.2. The first kappa shape index (κ1) is 17.5. The molecule has 1 saturated carbocycles. The smallest absolute Gasteiger partial charge is 0.308 e. The Morgan fingerprint density at radius 2 is 1.91 bits per heavy atom. The molecule has 2 rings (SSSR count). The monoisotopic (exact) mass is 319 g/mol. The van der Waals surface area contributed by atoms with Crippen LogP contribution in [0.25, 0.3) is 0 Å². The zero-order chi connectivity index (χ0) is 16.7. The molecule has 1 aliphatic carbocycles. The highest BCUT2D eigenvalue weighted by Gasteiger charge is 2.31. The molecule has 1 aromatic rings. The highest BCUT2D eigenvalue weighted by molar-refractivity contribution is 5.81. The van der Waals surface area contributed by atoms with Crippen LogP contribution in [0.15, 0.2) is 30.3 Å². The van der Waals surface area contributed by atoms with Crippen molar-refractivity contribution in [1.29, 1.82) is 0 Å². The number of carbonyl (C=O) groups excluding carboxylic acids is 1. The molecule has 1 aliphatic rings. The van der Waals surface area contributed by atoms with Crippen molar-refractivity contribution in [2.24, 2.45) is 5.92 Å². The Morgan fingerprint density at radius 3 is 2.61 bits per heavy atom. The molecular weight excluding hydrogens is 294 g/mol. The molecule has 0 heterocycles. The number of carboxylic acids is 1. The van der Waals surface area contributed by atoms with Crippen molar-refractivity contribution in [3.8, 4) is 0 Å². The van der Waals surface area contributed by atoms with E-state index < -0.39 is 18.0 Å². The van der Waals surface area contributed by atoms with Crippen LogP contribution in [0.5, 0.6) is 0 Å². The van der Waals surface area contributed by atoms with Gasteiger partial charge in [-0.2, -0.15) is 0 Å². The summed E-state index contributed by atoms with van der Waals surface area (Å²) in [6.07, 6.45) is 3.62. The third-order valence-electron chi connectivity index (χ3n) is 4.37. The lowest BCUT2D eigenvalue weighted by atomic mass is 9.94. The Labute approximate surface area is 137 Å². The first-order chi connectivity index (χ1) is 11.1. The van der Waals surface area contributed by atoms with Gasteiger partial charge in [-0.05, 0) is 25.3 Å². The number of nitrogens with one attached hydrogen (secondary N) is 1. The summed E-state index contributed by atoms with van der Waals surface area (Å²) in [6, 6.07) is 9.36. The topological polar surface area (TPSA) is 75.6 Å². The van der Waals surface area contributed by atoms with E-state index in [-0.39, 0.29) is 11.9 Å². The average molecular weight is 319 g/mol. The minimum Gasteiger partial charge on any atom is -0.481 e. The maximum atomic E-state index is 12.3. The quantitative estimate of drug-likeness (QED) is 0.791. The van der Waals surface area contributed by atoms with Crippen LogP contribution in [0, 0.1) is 5.92 Å². The molecule has 1 amide bonds. The fourth-order valence-corrected chi connectivity index (χ4v) is 2.95. The Bertz CT molecular complexity index is 517. The highest BCUT2D eigenvalue weighted by Crippen LogP contribution is 2.24. The molecule has 0 aliphatic heterocycles. The number of ether oxygens (including phenoxy) is 1. The van der Waals surface area contributed by atoms with Crippen LogP contribution in [0.3, 0.4) is 0 Å². The van der Waals surface area contributed by atoms with E-state index in [2.05, 4.69) is 5.32 Å². The number of rotatable bonds is 6. The SMILES string of the molecule is CC(OCc1ccccc1)C(=O)N[C@H]1CCCCC[C@H]1C(=O)O. The third-order valence-corrected chi connectivity index (χ3v) is 4.37. The van der Waals surface area contributed by atoms with Crippen molar-refractivity contribution < 1.29 is 19.4 Å². The van der Waals surface area contributed by atoms with Crippen LogP contribution in [-0.4, -0.2) is 29.1 Å². The van der Waals surface area contributed by atoms with Gasteiger partial charge in [-0.1, -0.05) is 49.6 Å². The molecule has 5 nitrogen and oxygen atoms in total. The third kappa shape index (κ3) is 5.36. The van der Waals surface area contributed by atoms with Gasteiger partial charge in [0.2, 0.25) is 5.91 Å². The molecule has 0 saturated heterocycles. The Morgan fingerprint density at radius 1 is 1.22 bits per heavy atom. The van der Waals surface area contributed by atoms with E-state index >= 15 is 0 Å². The van der Waals surface area contributed by atoms with E-state index in [1.807, 2.05) is 30.3 Å². The van der Waals surface area contributed by atoms with Gasteiger partial charge >= 0.3 is 5.97 Å². The van der Waals surface area contributed by atoms with Gasteiger partial charge in [-0.3, -0.25) is 9.59 Å². The molecule has 1 fully saturated rings. The van der Waals surface area contributed by atoms with Crippen LogP contribution in [0.2, 0.25) is 0 Å². The van der Waals surface area contributed by atoms with E-state index in [9.17, 15) is 14.7 Å². The van der Waals surface area contributed by atoms with E-state index in [0.29, 0.717) is 19.4 Å². The van der Waals surface area contributed by atoms with Crippen molar-refractivity contribution in [3.63, 3.8) is 0 Å². The number of hydrogen-bond acceptors (Lipinski definition) is 3. The number of carboxylic acid groups (broad SMARTS) is 1. The molecule has 1 unspecified atom stereocenters. The molecule has 3 atom stereocenters. The van der Waals surface area contributed by atoms with Gasteiger partial charge in [0.05, 0.1) is 12.5 Å². The maximum Gasteiger partial charge on any atom is 0.308 e. The van der Waals surface area contributed by atoms with Crippen molar-refractivity contribution >= 4 is 11.9 Å². The van der Waals surface area contributed by atoms with Crippen LogP contribution in [0.4, 0.5) is 0 Å². The minimum absolute atomic E-state index is 0.237. The van der Waals surface area contributed by atoms with Crippen molar-refractivity contribution in [2.75, 3.05) is 0 Å². The predicted octanol–water partition coefficient (Wildman–Crippen LogP) is 2.74. The summed E-state index contributed by atoms with van der Waals surface area (Å²) < 4.78 is 5.60. The number of aliphatic carboxylic acids is 1. The molecule has 0 aromatic heterocycles. The standard InChI is InChI=1S/C18H25NO4/c1-13(23-12-14-8-4-2-5-9-14)17(20)19-16-11-7-3-6-10-15(16)18(21)22/h2,4-5,8-9,13,15-16H,3,6-7,10-12H2,1H3,(H,19,20)(H,21,22)/t13?,15-,16+/m1/s1. The molecule has 0 spiro atoms. The second-order valence-electron chi connectivity index (χ2n) is 6.14. The molecule has 1 aromatic carbocycles. The van der Waals surface area contributed by atoms with Crippen LogP contribution in [0.1, 0.15) is 44.6 Å². The van der Waals surface area contributed by atoms with Gasteiger partial charge in [0.1, 0.15) is 6.10 Å². The fraction of sp³-hybridized carbons (Fsp3) is 0.556. The summed E-state index contributed by atoms with van der Waals surface area (Å²) in [4.78, 5) is 23.7. The van der Waals surface area contributed by atoms with Gasteiger partial charge in [0, 0.05) is 6.04 Å². The van der Waals surface area contributed by atoms with E-state index in [4.69, 9.17) is 4.74 Å². The molecule has 23 heavy (non-hydrogen) atoms. The van der Waals surface area contributed by atoms with Gasteiger partial charge in [0.15, 0.2) is 0 Å². The van der Waals surface area contributed by atoms with Crippen LogP contribution in [-0.2, 0) is 20.9 Å². The first-order valence-electron chi connectivity index (χ1n) is 8.26. The second kappa shape index (κ2) is 8.67. The second-order valence-corrected chi connectivity index (χ2v) is 6.14. The van der Waals surface area contributed by atoms with E-state index in [0.717, 1.165) is 24.8 Å². The molecule has 0 radical (unpaired) electrons. The highest BCUT2D eigenvalue weighted by atomic mass is 16.5. The van der Waals surface area contributed by atoms with Crippen molar-refractivity contribution in [3.05, 3.63) is 35.9 Å². The Hall–Kier alpha value is -1.88. The normalized spacial score (nSPS) is 22.8. The largest absolute Gasteiger partial charge is 0.481 e. The van der Waals surface area contributed by atoms with Crippen molar-refractivity contribution in [2.45, 2.75) is 57.8 Å². The molecule has 2 N–H and O–H groups in total. The Balaban J connectivity index is 1.87. The molecule has 126 valence electrons. The lowest BCUT2D eigenvalue weighted by Crippen LogP contribution is -2.46. The summed E-state index contributed by atoms with van der Waals surface area (Å²) in [5.41, 5.74) is 1.00. The zero-order valence-corrected chi connectivity index (χ0v) is 13.5. The summed E-state index contributed by atoms with van der Waals surface area (Å²) in [7, 11) is 0. The van der Waals surface area contributed by atoms with E-state index in [1.165, 1.54) is 0 Å². The average Bonchev–Trinajstić information content (AvgIpc) is 2.79. The maximum absolute atomic E-state index is 12.3. The van der Waals surface area contributed by atoms with E-state index in [1.54, 1.807) is 6.92 Å². The lowest BCUT2D eigenvalue weighted by molar-refractivity contribution is -0.144. The summed E-state index contributed by atoms with van der Waals surface area (Å²) in [6.45, 7) is 2.06. The number of carbonyl (C=O) groups is 2. The predicted molar refractivity (Wildman–Crippen MR) is 86.8 cm³/mol. The fourth-order valence-electron chi connectivity index (χ4n) is 2.95. The summed E-state index contributed by atoms with van der Waals surface area (Å²) >= 11 is 0. The Kier molecular flexibility index (Phi) is 6.59. The van der Waals surface area contributed by atoms with Gasteiger partial charge in [0.25, 0.3) is 0 Å². The van der Waals surface area contributed by atoms with Crippen molar-refractivity contribution in [1.82, 2.24) is 5.32 Å². The number of benzene rings is 1. The molecule has 5 heteroatoms. The summed E-state index contributed by atoms with van der Waals surface area (Å²) in [5.74, 6) is -1.56. The first-order valence-corrected chi connectivity index (χ1v) is 8.26. The van der Waals surface area contributed by atoms with Crippen LogP contribution < -0.4 is 5.32 Å². The molecule has 0 bridgehead atoms. The van der Waals surface area contributed by atoms with Gasteiger partial charge in [-0.15, -0.1) is 0 Å². The van der Waals surface area contributed by atoms with Gasteiger partial charge < -0.3 is 15.2 Å². The van der Waals surface area contributed by atoms with Gasteiger partial charge in [-0.25, -0.2) is 0 Å². The minimum atomic E-state index is -0.824. The number of hydrogen-bond donors (Lipinski definition) is 2.